The number of H-pyrrole nitrogens is 1. The topological polar surface area (TPSA) is 32.9 Å². The van der Waals surface area contributed by atoms with Crippen LogP contribution in [0.1, 0.15) is 25.3 Å². The Hall–Kier alpha value is -2.23. The number of fused-ring (bicyclic) bond motifs is 3. The Morgan fingerprint density at radius 1 is 1.00 bits per heavy atom. The Labute approximate surface area is 114 Å². The summed E-state index contributed by atoms with van der Waals surface area (Å²) in [6.07, 6.45) is 0. The highest BCUT2D eigenvalue weighted by molar-refractivity contribution is 6.05. The van der Waals surface area contributed by atoms with Gasteiger partial charge in [-0.1, -0.05) is 26.0 Å². The molecule has 0 aliphatic heterocycles. The molecule has 1 aromatic heterocycles. The van der Waals surface area contributed by atoms with Crippen molar-refractivity contribution in [2.24, 2.45) is 0 Å². The van der Waals surface area contributed by atoms with Crippen LogP contribution in [-0.4, -0.2) is 4.98 Å². The average Bonchev–Trinajstić information content (AvgIpc) is 2.40. The summed E-state index contributed by atoms with van der Waals surface area (Å²) in [5.41, 5.74) is 0.695. The fourth-order valence-corrected chi connectivity index (χ4v) is 2.44. The van der Waals surface area contributed by atoms with E-state index in [1.54, 1.807) is 12.1 Å². The molecule has 0 saturated carbocycles. The van der Waals surface area contributed by atoms with E-state index in [4.69, 9.17) is 0 Å². The Kier molecular flexibility index (Phi) is 2.82. The second kappa shape index (κ2) is 4.40. The predicted molar refractivity (Wildman–Crippen MR) is 76.1 cm³/mol. The predicted octanol–water partition coefficient (Wildman–Crippen LogP) is 4.08. The second-order valence-electron chi connectivity index (χ2n) is 5.22. The summed E-state index contributed by atoms with van der Waals surface area (Å²) in [6, 6.07) is 7.43. The van der Waals surface area contributed by atoms with Gasteiger partial charge in [0.05, 0.1) is 5.52 Å². The number of pyridine rings is 1. The zero-order chi connectivity index (χ0) is 14.4. The quantitative estimate of drug-likeness (QED) is 0.666. The molecule has 0 fully saturated rings. The normalized spacial score (nSPS) is 11.7. The Balaban J connectivity index is 2.51. The number of rotatable bonds is 1. The SMILES string of the molecule is CC(C)c1ccc2c(c1)c(=O)[nH]c1c(F)cc(F)cc12. The molecule has 0 atom stereocenters. The second-order valence-corrected chi connectivity index (χ2v) is 5.22. The van der Waals surface area contributed by atoms with E-state index in [-0.39, 0.29) is 17.0 Å². The van der Waals surface area contributed by atoms with Crippen molar-refractivity contribution in [2.45, 2.75) is 19.8 Å². The minimum Gasteiger partial charge on any atom is -0.319 e. The molecule has 20 heavy (non-hydrogen) atoms. The summed E-state index contributed by atoms with van der Waals surface area (Å²) in [5.74, 6) is -1.14. The molecular formula is C16H13F2NO. The van der Waals surface area contributed by atoms with E-state index in [0.717, 1.165) is 11.6 Å². The summed E-state index contributed by atoms with van der Waals surface area (Å²) in [7, 11) is 0. The largest absolute Gasteiger partial charge is 0.319 e. The molecule has 3 aromatic rings. The van der Waals surface area contributed by atoms with Crippen molar-refractivity contribution in [1.82, 2.24) is 4.98 Å². The van der Waals surface area contributed by atoms with E-state index in [1.165, 1.54) is 6.07 Å². The molecule has 2 aromatic carbocycles. The number of aromatic amines is 1. The zero-order valence-electron chi connectivity index (χ0n) is 11.1. The molecule has 0 spiro atoms. The first-order chi connectivity index (χ1) is 9.47. The van der Waals surface area contributed by atoms with Crippen LogP contribution in [0.15, 0.2) is 35.1 Å². The van der Waals surface area contributed by atoms with Crippen molar-refractivity contribution in [2.75, 3.05) is 0 Å². The van der Waals surface area contributed by atoms with Gasteiger partial charge in [-0.05, 0) is 29.0 Å². The van der Waals surface area contributed by atoms with Crippen molar-refractivity contribution in [3.05, 3.63) is 57.9 Å². The lowest BCUT2D eigenvalue weighted by Gasteiger charge is -2.09. The molecule has 0 bridgehead atoms. The van der Waals surface area contributed by atoms with Crippen LogP contribution in [0.4, 0.5) is 8.78 Å². The number of halogens is 2. The van der Waals surface area contributed by atoms with Crippen molar-refractivity contribution in [3.63, 3.8) is 0 Å². The summed E-state index contributed by atoms with van der Waals surface area (Å²) in [6.45, 7) is 4.05. The third-order valence-corrected chi connectivity index (χ3v) is 3.54. The molecule has 1 heterocycles. The lowest BCUT2D eigenvalue weighted by molar-refractivity contribution is 0.590. The minimum absolute atomic E-state index is 0.0428. The molecular weight excluding hydrogens is 260 g/mol. The van der Waals surface area contributed by atoms with Crippen LogP contribution in [-0.2, 0) is 0 Å². The molecule has 1 N–H and O–H groups in total. The zero-order valence-corrected chi connectivity index (χ0v) is 11.1. The van der Waals surface area contributed by atoms with Gasteiger partial charge in [0.2, 0.25) is 0 Å². The monoisotopic (exact) mass is 273 g/mol. The van der Waals surface area contributed by atoms with Crippen LogP contribution in [0.2, 0.25) is 0 Å². The number of hydrogen-bond donors (Lipinski definition) is 1. The van der Waals surface area contributed by atoms with E-state index in [9.17, 15) is 13.6 Å². The molecule has 3 rings (SSSR count). The van der Waals surface area contributed by atoms with Gasteiger partial charge in [0, 0.05) is 16.8 Å². The Morgan fingerprint density at radius 3 is 2.45 bits per heavy atom. The number of aromatic nitrogens is 1. The van der Waals surface area contributed by atoms with Crippen molar-refractivity contribution >= 4 is 21.7 Å². The highest BCUT2D eigenvalue weighted by atomic mass is 19.1. The number of hydrogen-bond acceptors (Lipinski definition) is 1. The molecule has 4 heteroatoms. The van der Waals surface area contributed by atoms with Gasteiger partial charge in [0.15, 0.2) is 0 Å². The average molecular weight is 273 g/mol. The van der Waals surface area contributed by atoms with Crippen LogP contribution in [0, 0.1) is 11.6 Å². The molecule has 102 valence electrons. The molecule has 2 nitrogen and oxygen atoms in total. The van der Waals surface area contributed by atoms with Crippen LogP contribution < -0.4 is 5.56 Å². The van der Waals surface area contributed by atoms with Gasteiger partial charge >= 0.3 is 0 Å². The van der Waals surface area contributed by atoms with Gasteiger partial charge in [-0.3, -0.25) is 4.79 Å². The third kappa shape index (κ3) is 1.88. The van der Waals surface area contributed by atoms with Crippen LogP contribution >= 0.6 is 0 Å². The van der Waals surface area contributed by atoms with Gasteiger partial charge in [-0.2, -0.15) is 0 Å². The molecule has 0 radical (unpaired) electrons. The highest BCUT2D eigenvalue weighted by Gasteiger charge is 2.11. The van der Waals surface area contributed by atoms with Crippen molar-refractivity contribution in [3.8, 4) is 0 Å². The van der Waals surface area contributed by atoms with Crippen LogP contribution in [0.5, 0.6) is 0 Å². The maximum atomic E-state index is 13.8. The lowest BCUT2D eigenvalue weighted by Crippen LogP contribution is -2.08. The van der Waals surface area contributed by atoms with Gasteiger partial charge < -0.3 is 4.98 Å². The molecule has 0 unspecified atom stereocenters. The van der Waals surface area contributed by atoms with Gasteiger partial charge in [0.25, 0.3) is 5.56 Å². The fourth-order valence-electron chi connectivity index (χ4n) is 2.44. The maximum absolute atomic E-state index is 13.8. The first-order valence-electron chi connectivity index (χ1n) is 6.42. The van der Waals surface area contributed by atoms with Crippen LogP contribution in [0.3, 0.4) is 0 Å². The van der Waals surface area contributed by atoms with Gasteiger partial charge in [-0.15, -0.1) is 0 Å². The van der Waals surface area contributed by atoms with Crippen LogP contribution in [0.25, 0.3) is 21.7 Å². The van der Waals surface area contributed by atoms with Gasteiger partial charge in [-0.25, -0.2) is 8.78 Å². The third-order valence-electron chi connectivity index (χ3n) is 3.54. The summed E-state index contributed by atoms with van der Waals surface area (Å²) in [5, 5.41) is 1.40. The van der Waals surface area contributed by atoms with Crippen molar-refractivity contribution in [1.29, 1.82) is 0 Å². The number of nitrogens with one attached hydrogen (secondary N) is 1. The Bertz CT molecular complexity index is 881. The first-order valence-corrected chi connectivity index (χ1v) is 6.42. The van der Waals surface area contributed by atoms with E-state index in [2.05, 4.69) is 4.98 Å². The lowest BCUT2D eigenvalue weighted by atomic mass is 9.98. The summed E-state index contributed by atoms with van der Waals surface area (Å²) >= 11 is 0. The molecule has 0 aliphatic carbocycles. The maximum Gasteiger partial charge on any atom is 0.256 e. The summed E-state index contributed by atoms with van der Waals surface area (Å²) in [4.78, 5) is 14.6. The van der Waals surface area contributed by atoms with E-state index in [0.29, 0.717) is 16.2 Å². The van der Waals surface area contributed by atoms with E-state index < -0.39 is 11.6 Å². The molecule has 0 amide bonds. The smallest absolute Gasteiger partial charge is 0.256 e. The first kappa shape index (κ1) is 12.8. The van der Waals surface area contributed by atoms with E-state index >= 15 is 0 Å². The number of benzene rings is 2. The Morgan fingerprint density at radius 2 is 1.75 bits per heavy atom. The van der Waals surface area contributed by atoms with Crippen molar-refractivity contribution < 1.29 is 8.78 Å². The molecule has 0 saturated heterocycles. The summed E-state index contributed by atoms with van der Waals surface area (Å²) < 4.78 is 27.2. The van der Waals surface area contributed by atoms with E-state index in [1.807, 2.05) is 19.9 Å². The van der Waals surface area contributed by atoms with Gasteiger partial charge in [0.1, 0.15) is 11.6 Å². The minimum atomic E-state index is -0.757. The highest BCUT2D eigenvalue weighted by Crippen LogP contribution is 2.26. The standard InChI is InChI=1S/C16H13F2NO/c1-8(2)9-3-4-11-12-6-10(17)7-14(18)15(12)19-16(20)13(11)5-9/h3-8H,1-2H3,(H,19,20). The molecule has 0 aliphatic rings. The fraction of sp³-hybridized carbons (Fsp3) is 0.188.